The highest BCUT2D eigenvalue weighted by atomic mass is 32.2. The van der Waals surface area contributed by atoms with E-state index in [1.54, 1.807) is 19.2 Å². The van der Waals surface area contributed by atoms with Crippen LogP contribution in [-0.2, 0) is 42.8 Å². The molecule has 5 unspecified atom stereocenters. The minimum absolute atomic E-state index is 0.117. The molecule has 0 aliphatic rings. The van der Waals surface area contributed by atoms with Crippen molar-refractivity contribution in [2.75, 3.05) is 39.3 Å². The van der Waals surface area contributed by atoms with E-state index in [1.165, 1.54) is 37.3 Å². The molecule has 12 nitrogen and oxygen atoms in total. The first kappa shape index (κ1) is 35.4. The number of amides is 4. The van der Waals surface area contributed by atoms with Crippen molar-refractivity contribution in [3.05, 3.63) is 65.7 Å². The number of aromatic hydroxyl groups is 1. The quantitative estimate of drug-likeness (QED) is 0.137. The van der Waals surface area contributed by atoms with Crippen LogP contribution in [0, 0.1) is 0 Å². The number of phenolic OH excluding ortho intramolecular Hbond substituents is 1. The number of aliphatic hydroxyl groups excluding tert-OH is 1. The first-order valence-corrected chi connectivity index (χ1v) is 15.7. The van der Waals surface area contributed by atoms with Gasteiger partial charge in [-0.3, -0.25) is 23.4 Å². The average molecular weight is 618 g/mol. The summed E-state index contributed by atoms with van der Waals surface area (Å²) < 4.78 is 11.5. The lowest BCUT2D eigenvalue weighted by Gasteiger charge is -2.29. The molecule has 2 aromatic rings. The largest absolute Gasteiger partial charge is 0.508 e. The SMILES string of the molecule is CNC(Cc1ccc(O)cc1)C(=O)NC(C)C(=O)NCC(=O)N(C)C(Cc1ccccc1)C(=O)NC(CO)CCS(C)=O. The predicted octanol–water partition coefficient (Wildman–Crippen LogP) is -0.541. The highest BCUT2D eigenvalue weighted by Crippen LogP contribution is 2.12. The minimum atomic E-state index is -1.10. The number of phenols is 1. The Kier molecular flexibility index (Phi) is 14.8. The number of hydrogen-bond acceptors (Lipinski definition) is 8. The fourth-order valence-corrected chi connectivity index (χ4v) is 4.86. The summed E-state index contributed by atoms with van der Waals surface area (Å²) in [6.45, 7) is 0.746. The summed E-state index contributed by atoms with van der Waals surface area (Å²) in [4.78, 5) is 53.1. The first-order chi connectivity index (χ1) is 20.4. The van der Waals surface area contributed by atoms with Crippen molar-refractivity contribution in [2.24, 2.45) is 0 Å². The summed E-state index contributed by atoms with van der Waals surface area (Å²) in [7, 11) is 1.99. The Morgan fingerprint density at radius 3 is 2.12 bits per heavy atom. The Labute approximate surface area is 255 Å². The van der Waals surface area contributed by atoms with E-state index >= 15 is 0 Å². The zero-order chi connectivity index (χ0) is 31.9. The molecule has 6 N–H and O–H groups in total. The van der Waals surface area contributed by atoms with Crippen LogP contribution in [0.5, 0.6) is 5.75 Å². The number of carbonyl (C=O) groups is 4. The Morgan fingerprint density at radius 1 is 0.907 bits per heavy atom. The Balaban J connectivity index is 2.00. The van der Waals surface area contributed by atoms with E-state index in [-0.39, 0.29) is 18.8 Å². The predicted molar refractivity (Wildman–Crippen MR) is 165 cm³/mol. The van der Waals surface area contributed by atoms with Gasteiger partial charge in [0.2, 0.25) is 23.6 Å². The van der Waals surface area contributed by atoms with Gasteiger partial charge in [-0.2, -0.15) is 0 Å². The van der Waals surface area contributed by atoms with E-state index in [2.05, 4.69) is 21.3 Å². The standard InChI is InChI=1S/C30H43N5O7S/c1-20(33-29(40)25(31-2)16-22-10-12-24(37)13-11-22)28(39)32-18-27(38)35(3)26(17-21-8-6-5-7-9-21)30(41)34-23(19-36)14-15-43(4)42/h5-13,20,23,25-26,31,36-37H,14-19H2,1-4H3,(H,32,39)(H,33,40)(H,34,41). The second kappa shape index (κ2) is 18.0. The van der Waals surface area contributed by atoms with Crippen molar-refractivity contribution in [3.63, 3.8) is 0 Å². The molecule has 0 fully saturated rings. The van der Waals surface area contributed by atoms with Crippen LogP contribution in [0.3, 0.4) is 0 Å². The van der Waals surface area contributed by atoms with E-state index in [4.69, 9.17) is 0 Å². The third-order valence-corrected chi connectivity index (χ3v) is 7.77. The van der Waals surface area contributed by atoms with Crippen molar-refractivity contribution in [1.82, 2.24) is 26.2 Å². The Bertz CT molecular complexity index is 1230. The maximum Gasteiger partial charge on any atom is 0.243 e. The molecule has 0 aliphatic heterocycles. The van der Waals surface area contributed by atoms with E-state index in [0.717, 1.165) is 11.1 Å². The summed E-state index contributed by atoms with van der Waals surface area (Å²) in [6, 6.07) is 12.4. The molecule has 0 saturated carbocycles. The second-order valence-electron chi connectivity index (χ2n) is 10.3. The third kappa shape index (κ3) is 12.1. The molecule has 236 valence electrons. The van der Waals surface area contributed by atoms with Crippen molar-refractivity contribution < 1.29 is 33.6 Å². The van der Waals surface area contributed by atoms with Crippen LogP contribution in [0.4, 0.5) is 0 Å². The van der Waals surface area contributed by atoms with Gasteiger partial charge in [-0.15, -0.1) is 0 Å². The number of nitrogens with zero attached hydrogens (tertiary/aromatic N) is 1. The minimum Gasteiger partial charge on any atom is -0.508 e. The molecule has 0 radical (unpaired) electrons. The van der Waals surface area contributed by atoms with Crippen LogP contribution in [0.15, 0.2) is 54.6 Å². The molecule has 13 heteroatoms. The van der Waals surface area contributed by atoms with Crippen LogP contribution in [0.25, 0.3) is 0 Å². The average Bonchev–Trinajstić information content (AvgIpc) is 2.99. The van der Waals surface area contributed by atoms with Crippen molar-refractivity contribution in [3.8, 4) is 5.75 Å². The fraction of sp³-hybridized carbons (Fsp3) is 0.467. The zero-order valence-electron chi connectivity index (χ0n) is 25.0. The van der Waals surface area contributed by atoms with E-state index < -0.39 is 65.1 Å². The summed E-state index contributed by atoms with van der Waals surface area (Å²) in [5.74, 6) is -1.58. The number of hydrogen-bond donors (Lipinski definition) is 6. The number of carbonyl (C=O) groups excluding carboxylic acids is 4. The molecule has 0 bridgehead atoms. The van der Waals surface area contributed by atoms with Crippen molar-refractivity contribution >= 4 is 34.4 Å². The van der Waals surface area contributed by atoms with Crippen LogP contribution >= 0.6 is 0 Å². The normalized spacial score (nSPS) is 14.4. The van der Waals surface area contributed by atoms with Gasteiger partial charge < -0.3 is 36.4 Å². The van der Waals surface area contributed by atoms with Crippen molar-refractivity contribution in [1.29, 1.82) is 0 Å². The molecule has 2 aromatic carbocycles. The molecule has 43 heavy (non-hydrogen) atoms. The van der Waals surface area contributed by atoms with Crippen molar-refractivity contribution in [2.45, 2.75) is 50.4 Å². The Hall–Kier alpha value is -3.81. The lowest BCUT2D eigenvalue weighted by Crippen LogP contribution is -2.55. The molecule has 0 aromatic heterocycles. The van der Waals surface area contributed by atoms with Crippen LogP contribution < -0.4 is 21.3 Å². The number of aliphatic hydroxyl groups is 1. The van der Waals surface area contributed by atoms with Gasteiger partial charge in [-0.05, 0) is 50.1 Å². The topological polar surface area (TPSA) is 177 Å². The molecule has 4 amide bonds. The summed E-state index contributed by atoms with van der Waals surface area (Å²) in [5, 5.41) is 30.0. The van der Waals surface area contributed by atoms with E-state index in [1.807, 2.05) is 30.3 Å². The van der Waals surface area contributed by atoms with Gasteiger partial charge in [0.05, 0.1) is 25.2 Å². The molecule has 2 rings (SSSR count). The van der Waals surface area contributed by atoms with Gasteiger partial charge in [0.1, 0.15) is 17.8 Å². The number of nitrogens with one attached hydrogen (secondary N) is 4. The molecule has 0 spiro atoms. The lowest BCUT2D eigenvalue weighted by molar-refractivity contribution is -0.139. The van der Waals surface area contributed by atoms with Gasteiger partial charge >= 0.3 is 0 Å². The molecule has 0 aliphatic carbocycles. The smallest absolute Gasteiger partial charge is 0.243 e. The number of rotatable bonds is 17. The summed E-state index contributed by atoms with van der Waals surface area (Å²) in [5.41, 5.74) is 1.63. The molecule has 5 atom stereocenters. The maximum absolute atomic E-state index is 13.3. The summed E-state index contributed by atoms with van der Waals surface area (Å²) in [6.07, 6.45) is 2.38. The highest BCUT2D eigenvalue weighted by Gasteiger charge is 2.29. The van der Waals surface area contributed by atoms with Gasteiger partial charge in [0, 0.05) is 36.3 Å². The monoisotopic (exact) mass is 617 g/mol. The maximum atomic E-state index is 13.3. The van der Waals surface area contributed by atoms with E-state index in [9.17, 15) is 33.6 Å². The van der Waals surface area contributed by atoms with Gasteiger partial charge in [0.25, 0.3) is 0 Å². The van der Waals surface area contributed by atoms with Gasteiger partial charge in [-0.1, -0.05) is 42.5 Å². The summed E-state index contributed by atoms with van der Waals surface area (Å²) >= 11 is 0. The van der Waals surface area contributed by atoms with Crippen LogP contribution in [-0.4, -0.2) is 106 Å². The van der Waals surface area contributed by atoms with Gasteiger partial charge in [0.15, 0.2) is 0 Å². The molecular formula is C30H43N5O7S. The molecule has 0 saturated heterocycles. The number of benzene rings is 2. The van der Waals surface area contributed by atoms with Crippen LogP contribution in [0.2, 0.25) is 0 Å². The second-order valence-corrected chi connectivity index (χ2v) is 11.9. The van der Waals surface area contributed by atoms with Gasteiger partial charge in [-0.25, -0.2) is 0 Å². The fourth-order valence-electron chi connectivity index (χ4n) is 4.25. The molecular weight excluding hydrogens is 574 g/mol. The number of likely N-dealkylation sites (N-methyl/N-ethyl adjacent to an activating group) is 2. The first-order valence-electron chi connectivity index (χ1n) is 14.0. The molecule has 0 heterocycles. The lowest BCUT2D eigenvalue weighted by atomic mass is 10.0. The highest BCUT2D eigenvalue weighted by molar-refractivity contribution is 7.84. The van der Waals surface area contributed by atoms with E-state index in [0.29, 0.717) is 18.6 Å². The van der Waals surface area contributed by atoms with Crippen LogP contribution in [0.1, 0.15) is 24.5 Å². The third-order valence-electron chi connectivity index (χ3n) is 6.96. The zero-order valence-corrected chi connectivity index (χ0v) is 25.9. The Morgan fingerprint density at radius 2 is 1.53 bits per heavy atom.